The van der Waals surface area contributed by atoms with Crippen LogP contribution in [-0.4, -0.2) is 21.2 Å². The van der Waals surface area contributed by atoms with Crippen molar-refractivity contribution < 1.29 is 9.47 Å². The Kier molecular flexibility index (Phi) is 7.37. The lowest BCUT2D eigenvalue weighted by atomic mass is 10.1. The molecule has 186 valence electrons. The molecule has 0 fully saturated rings. The minimum absolute atomic E-state index is 0.223. The Balaban J connectivity index is 1.34. The molecule has 0 spiro atoms. The topological polar surface area (TPSA) is 82.8 Å². The molecule has 5 aromatic rings. The van der Waals surface area contributed by atoms with Crippen LogP contribution in [-0.2, 0) is 13.0 Å². The third-order valence-corrected chi connectivity index (χ3v) is 6.60. The number of fused-ring (bicyclic) bond motifs is 1. The van der Waals surface area contributed by atoms with E-state index in [1.165, 1.54) is 4.52 Å². The lowest BCUT2D eigenvalue weighted by molar-refractivity contribution is 0.306. The van der Waals surface area contributed by atoms with Gasteiger partial charge >= 0.3 is 0 Å². The normalized spacial score (nSPS) is 11.6. The molecule has 0 atom stereocenters. The second-order valence-electron chi connectivity index (χ2n) is 8.49. The average molecular weight is 512 g/mol. The van der Waals surface area contributed by atoms with E-state index in [1.54, 1.807) is 6.08 Å². The maximum atomic E-state index is 13.0. The zero-order valence-corrected chi connectivity index (χ0v) is 21.1. The summed E-state index contributed by atoms with van der Waals surface area (Å²) in [5, 5.41) is 4.34. The molecule has 3 aromatic carbocycles. The van der Waals surface area contributed by atoms with E-state index in [0.29, 0.717) is 17.7 Å². The predicted octanol–water partition coefficient (Wildman–Crippen LogP) is 4.02. The van der Waals surface area contributed by atoms with Crippen molar-refractivity contribution in [2.45, 2.75) is 26.4 Å². The zero-order valence-electron chi connectivity index (χ0n) is 20.3. The molecule has 0 N–H and O–H groups in total. The van der Waals surface area contributed by atoms with Gasteiger partial charge in [0.1, 0.15) is 23.8 Å². The van der Waals surface area contributed by atoms with Crippen LogP contribution in [0, 0.1) is 0 Å². The SMILES string of the molecule is CCCOc1ccc(Cc2nn3c(=O)/c(=C\c4ccc(OCc5ccccc5)cc4)sc3nc2=O)cc1. The summed E-state index contributed by atoms with van der Waals surface area (Å²) in [6, 6.07) is 24.9. The number of aromatic nitrogens is 3. The Bertz CT molecular complexity index is 1660. The molecular weight excluding hydrogens is 486 g/mol. The van der Waals surface area contributed by atoms with Gasteiger partial charge in [-0.2, -0.15) is 14.6 Å². The summed E-state index contributed by atoms with van der Waals surface area (Å²) in [7, 11) is 0. The summed E-state index contributed by atoms with van der Waals surface area (Å²) in [6.45, 7) is 3.18. The van der Waals surface area contributed by atoms with Crippen LogP contribution in [0.4, 0.5) is 0 Å². The van der Waals surface area contributed by atoms with Crippen LogP contribution in [0.1, 0.15) is 35.7 Å². The van der Waals surface area contributed by atoms with E-state index in [4.69, 9.17) is 9.47 Å². The lowest BCUT2D eigenvalue weighted by Crippen LogP contribution is -2.28. The van der Waals surface area contributed by atoms with Crippen LogP contribution >= 0.6 is 11.3 Å². The summed E-state index contributed by atoms with van der Waals surface area (Å²) in [5.41, 5.74) is 2.30. The van der Waals surface area contributed by atoms with Crippen molar-refractivity contribution in [3.05, 3.63) is 126 Å². The first kappa shape index (κ1) is 24.4. The van der Waals surface area contributed by atoms with E-state index in [1.807, 2.05) is 85.8 Å². The van der Waals surface area contributed by atoms with Gasteiger partial charge in [-0.15, -0.1) is 0 Å². The summed E-state index contributed by atoms with van der Waals surface area (Å²) in [4.78, 5) is 30.0. The third kappa shape index (κ3) is 5.92. The molecule has 2 heterocycles. The quantitative estimate of drug-likeness (QED) is 0.297. The van der Waals surface area contributed by atoms with Crippen molar-refractivity contribution in [2.24, 2.45) is 0 Å². The summed E-state index contributed by atoms with van der Waals surface area (Å²) >= 11 is 1.14. The number of ether oxygens (including phenoxy) is 2. The Morgan fingerprint density at radius 2 is 1.57 bits per heavy atom. The van der Waals surface area contributed by atoms with Gasteiger partial charge in [0.15, 0.2) is 0 Å². The first-order valence-electron chi connectivity index (χ1n) is 12.0. The van der Waals surface area contributed by atoms with Gasteiger partial charge < -0.3 is 9.47 Å². The smallest absolute Gasteiger partial charge is 0.296 e. The van der Waals surface area contributed by atoms with Crippen LogP contribution < -0.4 is 25.1 Å². The number of thiazole rings is 1. The van der Waals surface area contributed by atoms with E-state index in [0.717, 1.165) is 45.9 Å². The van der Waals surface area contributed by atoms with Crippen LogP contribution in [0.25, 0.3) is 11.0 Å². The first-order valence-corrected chi connectivity index (χ1v) is 12.8. The highest BCUT2D eigenvalue weighted by Gasteiger charge is 2.12. The fourth-order valence-corrected chi connectivity index (χ4v) is 4.63. The largest absolute Gasteiger partial charge is 0.494 e. The molecule has 7 nitrogen and oxygen atoms in total. The van der Waals surface area contributed by atoms with Gasteiger partial charge in [-0.1, -0.05) is 72.9 Å². The molecule has 0 aliphatic carbocycles. The number of nitrogens with zero attached hydrogens (tertiary/aromatic N) is 3. The number of hydrogen-bond donors (Lipinski definition) is 0. The van der Waals surface area contributed by atoms with E-state index >= 15 is 0 Å². The molecule has 0 saturated carbocycles. The fourth-order valence-electron chi connectivity index (χ4n) is 3.72. The third-order valence-electron chi connectivity index (χ3n) is 5.64. The van der Waals surface area contributed by atoms with Gasteiger partial charge in [-0.3, -0.25) is 9.59 Å². The van der Waals surface area contributed by atoms with Crippen molar-refractivity contribution in [1.82, 2.24) is 14.6 Å². The average Bonchev–Trinajstić information content (AvgIpc) is 3.22. The van der Waals surface area contributed by atoms with Crippen molar-refractivity contribution >= 4 is 22.4 Å². The highest BCUT2D eigenvalue weighted by atomic mass is 32.1. The minimum atomic E-state index is -0.431. The van der Waals surface area contributed by atoms with Crippen LogP contribution in [0.5, 0.6) is 11.5 Å². The molecule has 0 radical (unpaired) electrons. The molecule has 37 heavy (non-hydrogen) atoms. The van der Waals surface area contributed by atoms with Crippen molar-refractivity contribution in [3.8, 4) is 11.5 Å². The molecule has 8 heteroatoms. The second kappa shape index (κ2) is 11.2. The first-order chi connectivity index (χ1) is 18.1. The Hall–Kier alpha value is -4.30. The predicted molar refractivity (Wildman–Crippen MR) is 144 cm³/mol. The maximum absolute atomic E-state index is 13.0. The number of rotatable bonds is 9. The molecule has 0 aliphatic heterocycles. The van der Waals surface area contributed by atoms with E-state index in [-0.39, 0.29) is 22.6 Å². The van der Waals surface area contributed by atoms with Gasteiger partial charge in [0, 0.05) is 6.42 Å². The van der Waals surface area contributed by atoms with Crippen molar-refractivity contribution in [3.63, 3.8) is 0 Å². The van der Waals surface area contributed by atoms with Crippen LogP contribution in [0.3, 0.4) is 0 Å². The van der Waals surface area contributed by atoms with E-state index in [2.05, 4.69) is 10.1 Å². The van der Waals surface area contributed by atoms with E-state index < -0.39 is 5.56 Å². The molecule has 5 rings (SSSR count). The van der Waals surface area contributed by atoms with Crippen LogP contribution in [0.2, 0.25) is 0 Å². The highest BCUT2D eigenvalue weighted by Crippen LogP contribution is 2.16. The van der Waals surface area contributed by atoms with Gasteiger partial charge in [-0.25, -0.2) is 0 Å². The minimum Gasteiger partial charge on any atom is -0.494 e. The summed E-state index contributed by atoms with van der Waals surface area (Å²) < 4.78 is 13.1. The molecule has 0 unspecified atom stereocenters. The summed E-state index contributed by atoms with van der Waals surface area (Å²) in [6.07, 6.45) is 2.98. The summed E-state index contributed by atoms with van der Waals surface area (Å²) in [5.74, 6) is 1.52. The monoisotopic (exact) mass is 511 g/mol. The molecule has 0 amide bonds. The van der Waals surface area contributed by atoms with Crippen molar-refractivity contribution in [1.29, 1.82) is 0 Å². The Morgan fingerprint density at radius 3 is 2.30 bits per heavy atom. The number of hydrogen-bond acceptors (Lipinski definition) is 7. The van der Waals surface area contributed by atoms with Gasteiger partial charge in [-0.05, 0) is 53.5 Å². The Morgan fingerprint density at radius 1 is 0.865 bits per heavy atom. The molecule has 0 bridgehead atoms. The van der Waals surface area contributed by atoms with Crippen LogP contribution in [0.15, 0.2) is 88.5 Å². The fraction of sp³-hybridized carbons (Fsp3) is 0.172. The second-order valence-corrected chi connectivity index (χ2v) is 9.50. The lowest BCUT2D eigenvalue weighted by Gasteiger charge is -2.06. The molecular formula is C29H25N3O4S. The molecule has 0 saturated heterocycles. The standard InChI is InChI=1S/C29H25N3O4S/c1-2-16-35-23-12-8-20(9-13-23)17-25-27(33)30-29-32(31-25)28(34)26(37-29)18-21-10-14-24(15-11-21)36-19-22-6-4-3-5-7-22/h3-15,18H,2,16-17,19H2,1H3/b26-18+. The van der Waals surface area contributed by atoms with Gasteiger partial charge in [0.05, 0.1) is 11.1 Å². The van der Waals surface area contributed by atoms with Crippen molar-refractivity contribution in [2.75, 3.05) is 6.61 Å². The van der Waals surface area contributed by atoms with Gasteiger partial charge in [0.25, 0.3) is 11.1 Å². The zero-order chi connectivity index (χ0) is 25.6. The van der Waals surface area contributed by atoms with Gasteiger partial charge in [0.2, 0.25) is 4.96 Å². The molecule has 2 aromatic heterocycles. The van der Waals surface area contributed by atoms with E-state index in [9.17, 15) is 9.59 Å². The number of benzene rings is 3. The molecule has 0 aliphatic rings. The maximum Gasteiger partial charge on any atom is 0.296 e. The Labute approximate surface area is 217 Å². The highest BCUT2D eigenvalue weighted by molar-refractivity contribution is 7.15.